The molecule has 4 nitrogen and oxygen atoms in total. The van der Waals surface area contributed by atoms with E-state index in [1.165, 1.54) is 13.0 Å². The molecule has 0 bridgehead atoms. The maximum Gasteiger partial charge on any atom is 0.339 e. The van der Waals surface area contributed by atoms with Gasteiger partial charge in [0, 0.05) is 16.7 Å². The van der Waals surface area contributed by atoms with Crippen LogP contribution in [-0.4, -0.2) is 11.9 Å². The highest BCUT2D eigenvalue weighted by molar-refractivity contribution is 5.89. The quantitative estimate of drug-likeness (QED) is 0.469. The number of carbonyl (C=O) groups is 2. The molecule has 25 heavy (non-hydrogen) atoms. The van der Waals surface area contributed by atoms with Gasteiger partial charge in [-0.2, -0.15) is 0 Å². The van der Waals surface area contributed by atoms with Crippen LogP contribution >= 0.6 is 0 Å². The summed E-state index contributed by atoms with van der Waals surface area (Å²) in [6.45, 7) is 9.93. The Kier molecular flexibility index (Phi) is 5.35. The van der Waals surface area contributed by atoms with E-state index >= 15 is 0 Å². The SMILES string of the molecule is C=C(C)C(=O)Oc1ccc(-c2c#cc(OC(=O)C(=C)C)c(F)c2)cc1. The number of esters is 2. The van der Waals surface area contributed by atoms with Gasteiger partial charge < -0.3 is 9.47 Å². The standard InChI is InChI=1S/C20H15FO4/c1-12(2)19(22)24-16-8-5-14(6-9-16)15-7-10-18(17(21)11-15)25-20(23)13(3)4/h5-6,8-9,11H,1,3H2,2,4H3. The van der Waals surface area contributed by atoms with E-state index in [2.05, 4.69) is 25.3 Å². The average Bonchev–Trinajstić information content (AvgIpc) is 2.57. The van der Waals surface area contributed by atoms with E-state index in [-0.39, 0.29) is 16.9 Å². The summed E-state index contributed by atoms with van der Waals surface area (Å²) in [4.78, 5) is 22.9. The lowest BCUT2D eigenvalue weighted by Gasteiger charge is -2.06. The highest BCUT2D eigenvalue weighted by atomic mass is 19.1. The zero-order valence-corrected chi connectivity index (χ0v) is 13.8. The molecule has 0 aromatic heterocycles. The molecule has 0 aliphatic rings. The van der Waals surface area contributed by atoms with E-state index in [9.17, 15) is 14.0 Å². The number of hydrogen-bond donors (Lipinski definition) is 0. The first kappa shape index (κ1) is 18.0. The van der Waals surface area contributed by atoms with Gasteiger partial charge in [-0.05, 0) is 43.7 Å². The maximum absolute atomic E-state index is 14.1. The molecule has 2 rings (SSSR count). The van der Waals surface area contributed by atoms with Crippen LogP contribution in [0.15, 0.2) is 54.6 Å². The van der Waals surface area contributed by atoms with Crippen LogP contribution in [0.1, 0.15) is 13.8 Å². The summed E-state index contributed by atoms with van der Waals surface area (Å²) in [5.74, 6) is -2.01. The monoisotopic (exact) mass is 338 g/mol. The Balaban J connectivity index is 2.18. The molecule has 0 aliphatic carbocycles. The molecule has 0 atom stereocenters. The molecule has 0 spiro atoms. The van der Waals surface area contributed by atoms with Crippen LogP contribution in [0.3, 0.4) is 0 Å². The van der Waals surface area contributed by atoms with Gasteiger partial charge in [-0.15, -0.1) is 0 Å². The largest absolute Gasteiger partial charge is 0.423 e. The highest BCUT2D eigenvalue weighted by Crippen LogP contribution is 2.25. The van der Waals surface area contributed by atoms with E-state index in [1.54, 1.807) is 31.2 Å². The molecule has 0 heterocycles. The minimum absolute atomic E-state index is 0.150. The molecule has 0 radical (unpaired) electrons. The second-order valence-corrected chi connectivity index (χ2v) is 5.35. The van der Waals surface area contributed by atoms with Crippen molar-refractivity contribution in [3.63, 3.8) is 0 Å². The summed E-state index contributed by atoms with van der Waals surface area (Å²) < 4.78 is 24.0. The molecule has 0 saturated carbocycles. The van der Waals surface area contributed by atoms with Gasteiger partial charge >= 0.3 is 11.9 Å². The molecule has 5 heteroatoms. The third-order valence-corrected chi connectivity index (χ3v) is 3.07. The van der Waals surface area contributed by atoms with E-state index in [0.29, 0.717) is 16.9 Å². The maximum atomic E-state index is 14.1. The average molecular weight is 338 g/mol. The first-order chi connectivity index (χ1) is 11.8. The first-order valence-electron chi connectivity index (χ1n) is 7.27. The Bertz CT molecular complexity index is 850. The molecule has 2 aromatic carbocycles. The summed E-state index contributed by atoms with van der Waals surface area (Å²) in [6, 6.07) is 12.8. The van der Waals surface area contributed by atoms with Gasteiger partial charge in [0.2, 0.25) is 5.75 Å². The van der Waals surface area contributed by atoms with Gasteiger partial charge in [-0.3, -0.25) is 0 Å². The van der Waals surface area contributed by atoms with Crippen LogP contribution in [0, 0.1) is 17.9 Å². The highest BCUT2D eigenvalue weighted by Gasteiger charge is 2.11. The Morgan fingerprint density at radius 2 is 1.52 bits per heavy atom. The van der Waals surface area contributed by atoms with Crippen molar-refractivity contribution < 1.29 is 23.5 Å². The Morgan fingerprint density at radius 1 is 0.960 bits per heavy atom. The van der Waals surface area contributed by atoms with Crippen molar-refractivity contribution in [2.45, 2.75) is 13.8 Å². The predicted octanol–water partition coefficient (Wildman–Crippen LogP) is 4.06. The van der Waals surface area contributed by atoms with Crippen LogP contribution in [0.4, 0.5) is 4.39 Å². The fraction of sp³-hybridized carbons (Fsp3) is 0.100. The van der Waals surface area contributed by atoms with Crippen LogP contribution in [-0.2, 0) is 9.59 Å². The minimum atomic E-state index is -0.749. The van der Waals surface area contributed by atoms with Crippen molar-refractivity contribution in [2.24, 2.45) is 0 Å². The fourth-order valence-corrected chi connectivity index (χ4v) is 1.72. The van der Waals surface area contributed by atoms with Crippen molar-refractivity contribution in [1.82, 2.24) is 0 Å². The molecule has 0 aliphatic heterocycles. The van der Waals surface area contributed by atoms with Gasteiger partial charge in [0.25, 0.3) is 0 Å². The van der Waals surface area contributed by atoms with Crippen LogP contribution < -0.4 is 9.47 Å². The fourth-order valence-electron chi connectivity index (χ4n) is 1.72. The van der Waals surface area contributed by atoms with Crippen molar-refractivity contribution in [3.8, 4) is 22.6 Å². The third kappa shape index (κ3) is 4.55. The summed E-state index contributed by atoms with van der Waals surface area (Å²) in [7, 11) is 0. The van der Waals surface area contributed by atoms with Crippen LogP contribution in [0.25, 0.3) is 11.1 Å². The zero-order chi connectivity index (χ0) is 18.6. The molecule has 0 fully saturated rings. The van der Waals surface area contributed by atoms with E-state index in [1.807, 2.05) is 0 Å². The van der Waals surface area contributed by atoms with Crippen LogP contribution in [0.5, 0.6) is 11.5 Å². The molecular formula is C20H15FO4. The number of benzene rings is 1. The third-order valence-electron chi connectivity index (χ3n) is 3.07. The van der Waals surface area contributed by atoms with Gasteiger partial charge in [0.05, 0.1) is 0 Å². The van der Waals surface area contributed by atoms with E-state index in [0.717, 1.165) is 0 Å². The predicted molar refractivity (Wildman–Crippen MR) is 90.4 cm³/mol. The Hall–Kier alpha value is -3.39. The van der Waals surface area contributed by atoms with Crippen molar-refractivity contribution in [3.05, 3.63) is 72.6 Å². The number of rotatable bonds is 5. The van der Waals surface area contributed by atoms with Gasteiger partial charge in [-0.1, -0.05) is 31.4 Å². The lowest BCUT2D eigenvalue weighted by molar-refractivity contribution is -0.131. The molecule has 0 N–H and O–H groups in total. The number of carbonyl (C=O) groups excluding carboxylic acids is 2. The smallest absolute Gasteiger partial charge is 0.339 e. The molecule has 126 valence electrons. The van der Waals surface area contributed by atoms with Gasteiger partial charge in [0.15, 0.2) is 5.82 Å². The molecule has 0 unspecified atom stereocenters. The summed E-state index contributed by atoms with van der Waals surface area (Å²) >= 11 is 0. The second kappa shape index (κ2) is 7.45. The second-order valence-electron chi connectivity index (χ2n) is 5.35. The Labute approximate surface area is 145 Å². The topological polar surface area (TPSA) is 52.6 Å². The number of ether oxygens (including phenoxy) is 2. The van der Waals surface area contributed by atoms with Crippen LogP contribution in [0.2, 0.25) is 0 Å². The van der Waals surface area contributed by atoms with E-state index in [4.69, 9.17) is 9.47 Å². The van der Waals surface area contributed by atoms with Gasteiger partial charge in [-0.25, -0.2) is 14.0 Å². The first-order valence-corrected chi connectivity index (χ1v) is 7.27. The normalized spacial score (nSPS) is 9.72. The number of hydrogen-bond acceptors (Lipinski definition) is 4. The van der Waals surface area contributed by atoms with Crippen molar-refractivity contribution in [2.75, 3.05) is 0 Å². The number of halogens is 1. The lowest BCUT2D eigenvalue weighted by Crippen LogP contribution is -2.09. The molecular weight excluding hydrogens is 323 g/mol. The van der Waals surface area contributed by atoms with Gasteiger partial charge in [0.1, 0.15) is 5.75 Å². The zero-order valence-electron chi connectivity index (χ0n) is 13.8. The summed E-state index contributed by atoms with van der Waals surface area (Å²) in [6.07, 6.45) is 0. The molecule has 0 amide bonds. The van der Waals surface area contributed by atoms with E-state index < -0.39 is 17.8 Å². The lowest BCUT2D eigenvalue weighted by atomic mass is 10.1. The van der Waals surface area contributed by atoms with Crippen molar-refractivity contribution >= 4 is 11.9 Å². The summed E-state index contributed by atoms with van der Waals surface area (Å²) in [5.41, 5.74) is 1.47. The minimum Gasteiger partial charge on any atom is -0.423 e. The summed E-state index contributed by atoms with van der Waals surface area (Å²) in [5, 5.41) is 0. The van der Waals surface area contributed by atoms with Crippen molar-refractivity contribution in [1.29, 1.82) is 0 Å². The Morgan fingerprint density at radius 3 is 2.04 bits per heavy atom. The molecule has 0 saturated heterocycles. The molecule has 2 aromatic rings.